The standard InChI is InChI=1S/C22H26N4O2S/c1-5-26-21(17-8-6-16(7-9-17)15(2)3)24-25-22(26)29-14-20(27)23-18-10-12-19(28-4)13-11-18/h6-13,15H,5,14H2,1-4H3,(H,23,27). The summed E-state index contributed by atoms with van der Waals surface area (Å²) in [5.74, 6) is 2.23. The third-order valence-corrected chi connectivity index (χ3v) is 5.54. The van der Waals surface area contributed by atoms with Gasteiger partial charge in [-0.1, -0.05) is 49.9 Å². The molecule has 3 aromatic rings. The van der Waals surface area contributed by atoms with Gasteiger partial charge in [0.25, 0.3) is 0 Å². The molecule has 1 heterocycles. The number of hydrogen-bond donors (Lipinski definition) is 1. The number of nitrogens with one attached hydrogen (secondary N) is 1. The Morgan fingerprint density at radius 2 is 1.79 bits per heavy atom. The molecule has 29 heavy (non-hydrogen) atoms. The maximum atomic E-state index is 12.3. The Bertz CT molecular complexity index is 950. The van der Waals surface area contributed by atoms with Gasteiger partial charge in [-0.15, -0.1) is 10.2 Å². The van der Waals surface area contributed by atoms with Crippen molar-refractivity contribution in [2.24, 2.45) is 0 Å². The van der Waals surface area contributed by atoms with E-state index in [1.807, 2.05) is 28.8 Å². The highest BCUT2D eigenvalue weighted by atomic mass is 32.2. The van der Waals surface area contributed by atoms with Gasteiger partial charge in [0.2, 0.25) is 5.91 Å². The number of amides is 1. The van der Waals surface area contributed by atoms with Crippen LogP contribution in [0.1, 0.15) is 32.3 Å². The monoisotopic (exact) mass is 410 g/mol. The topological polar surface area (TPSA) is 69.0 Å². The lowest BCUT2D eigenvalue weighted by Gasteiger charge is -2.09. The normalized spacial score (nSPS) is 10.9. The van der Waals surface area contributed by atoms with Crippen molar-refractivity contribution in [1.29, 1.82) is 0 Å². The van der Waals surface area contributed by atoms with Crippen LogP contribution in [0.15, 0.2) is 53.7 Å². The summed E-state index contributed by atoms with van der Waals surface area (Å²) in [6.45, 7) is 7.14. The number of anilines is 1. The molecule has 0 saturated carbocycles. The molecule has 0 saturated heterocycles. The Labute approximate surface area is 175 Å². The van der Waals surface area contributed by atoms with Crippen LogP contribution in [0.4, 0.5) is 5.69 Å². The fourth-order valence-corrected chi connectivity index (χ4v) is 3.72. The average molecular weight is 411 g/mol. The summed E-state index contributed by atoms with van der Waals surface area (Å²) in [7, 11) is 1.61. The van der Waals surface area contributed by atoms with Gasteiger partial charge < -0.3 is 14.6 Å². The first kappa shape index (κ1) is 20.9. The zero-order valence-electron chi connectivity index (χ0n) is 17.2. The Hall–Kier alpha value is -2.80. The van der Waals surface area contributed by atoms with E-state index in [1.165, 1.54) is 17.3 Å². The fourth-order valence-electron chi connectivity index (χ4n) is 2.91. The van der Waals surface area contributed by atoms with Gasteiger partial charge in [0, 0.05) is 17.8 Å². The van der Waals surface area contributed by atoms with E-state index in [9.17, 15) is 4.79 Å². The maximum absolute atomic E-state index is 12.3. The molecule has 0 aliphatic heterocycles. The van der Waals surface area contributed by atoms with Crippen LogP contribution in [-0.2, 0) is 11.3 Å². The number of benzene rings is 2. The number of nitrogens with zero attached hydrogens (tertiary/aromatic N) is 3. The van der Waals surface area contributed by atoms with Crippen molar-refractivity contribution in [2.45, 2.75) is 38.4 Å². The van der Waals surface area contributed by atoms with Gasteiger partial charge in [-0.2, -0.15) is 0 Å². The zero-order chi connectivity index (χ0) is 20.8. The smallest absolute Gasteiger partial charge is 0.234 e. The average Bonchev–Trinajstić information content (AvgIpc) is 3.15. The van der Waals surface area contributed by atoms with Crippen molar-refractivity contribution in [1.82, 2.24) is 14.8 Å². The Kier molecular flexibility index (Phi) is 6.93. The Balaban J connectivity index is 1.65. The molecular formula is C22H26N4O2S. The van der Waals surface area contributed by atoms with Crippen LogP contribution in [0.25, 0.3) is 11.4 Å². The zero-order valence-corrected chi connectivity index (χ0v) is 18.0. The number of aromatic nitrogens is 3. The molecule has 6 nitrogen and oxygen atoms in total. The summed E-state index contributed by atoms with van der Waals surface area (Å²) in [4.78, 5) is 12.3. The lowest BCUT2D eigenvalue weighted by molar-refractivity contribution is -0.113. The summed E-state index contributed by atoms with van der Waals surface area (Å²) in [6.07, 6.45) is 0. The fraction of sp³-hybridized carbons (Fsp3) is 0.318. The number of rotatable bonds is 8. The second-order valence-corrected chi connectivity index (χ2v) is 7.84. The third kappa shape index (κ3) is 5.17. The molecule has 1 aromatic heterocycles. The van der Waals surface area contributed by atoms with E-state index in [-0.39, 0.29) is 11.7 Å². The minimum Gasteiger partial charge on any atom is -0.497 e. The summed E-state index contributed by atoms with van der Waals surface area (Å²) >= 11 is 1.38. The van der Waals surface area contributed by atoms with Crippen LogP contribution in [-0.4, -0.2) is 33.5 Å². The number of ether oxygens (including phenoxy) is 1. The summed E-state index contributed by atoms with van der Waals surface area (Å²) in [5.41, 5.74) is 3.05. The first-order chi connectivity index (χ1) is 14.0. The number of carbonyl (C=O) groups is 1. The van der Waals surface area contributed by atoms with Gasteiger partial charge >= 0.3 is 0 Å². The molecule has 0 bridgehead atoms. The first-order valence-electron chi connectivity index (χ1n) is 9.62. The Morgan fingerprint density at radius 3 is 2.38 bits per heavy atom. The molecule has 0 aliphatic carbocycles. The van der Waals surface area contributed by atoms with Crippen LogP contribution < -0.4 is 10.1 Å². The molecule has 3 rings (SSSR count). The first-order valence-corrected chi connectivity index (χ1v) is 10.6. The highest BCUT2D eigenvalue weighted by Crippen LogP contribution is 2.26. The van der Waals surface area contributed by atoms with Crippen LogP contribution in [0.5, 0.6) is 5.75 Å². The molecule has 152 valence electrons. The van der Waals surface area contributed by atoms with Crippen molar-refractivity contribution in [3.8, 4) is 17.1 Å². The van der Waals surface area contributed by atoms with Crippen molar-refractivity contribution in [3.63, 3.8) is 0 Å². The molecule has 7 heteroatoms. The van der Waals surface area contributed by atoms with Crippen LogP contribution in [0.2, 0.25) is 0 Å². The van der Waals surface area contributed by atoms with E-state index in [4.69, 9.17) is 4.74 Å². The minimum absolute atomic E-state index is 0.0892. The third-order valence-electron chi connectivity index (χ3n) is 4.57. The molecule has 0 atom stereocenters. The predicted octanol–water partition coefficient (Wildman–Crippen LogP) is 4.83. The van der Waals surface area contributed by atoms with Crippen molar-refractivity contribution < 1.29 is 9.53 Å². The van der Waals surface area contributed by atoms with Crippen LogP contribution >= 0.6 is 11.8 Å². The molecule has 2 aromatic carbocycles. The van der Waals surface area contributed by atoms with E-state index < -0.39 is 0 Å². The summed E-state index contributed by atoms with van der Waals surface area (Å²) in [5, 5.41) is 12.3. The molecule has 0 aliphatic rings. The summed E-state index contributed by atoms with van der Waals surface area (Å²) < 4.78 is 7.16. The molecular weight excluding hydrogens is 384 g/mol. The highest BCUT2D eigenvalue weighted by Gasteiger charge is 2.15. The van der Waals surface area contributed by atoms with Gasteiger partial charge in [-0.05, 0) is 42.7 Å². The molecule has 0 spiro atoms. The quantitative estimate of drug-likeness (QED) is 0.539. The minimum atomic E-state index is -0.0892. The van der Waals surface area contributed by atoms with E-state index in [2.05, 4.69) is 60.6 Å². The van der Waals surface area contributed by atoms with Gasteiger partial charge in [0.1, 0.15) is 5.75 Å². The number of hydrogen-bond acceptors (Lipinski definition) is 5. The van der Waals surface area contributed by atoms with Gasteiger partial charge in [-0.3, -0.25) is 4.79 Å². The number of carbonyl (C=O) groups excluding carboxylic acids is 1. The molecule has 0 fully saturated rings. The maximum Gasteiger partial charge on any atom is 0.234 e. The van der Waals surface area contributed by atoms with E-state index >= 15 is 0 Å². The second kappa shape index (κ2) is 9.60. The lowest BCUT2D eigenvalue weighted by Crippen LogP contribution is -2.14. The largest absolute Gasteiger partial charge is 0.497 e. The van der Waals surface area contributed by atoms with Crippen molar-refractivity contribution in [2.75, 3.05) is 18.2 Å². The summed E-state index contributed by atoms with van der Waals surface area (Å²) in [6, 6.07) is 15.7. The predicted molar refractivity (Wildman–Crippen MR) is 118 cm³/mol. The van der Waals surface area contributed by atoms with Gasteiger partial charge in [0.05, 0.1) is 12.9 Å². The van der Waals surface area contributed by atoms with Crippen molar-refractivity contribution >= 4 is 23.4 Å². The van der Waals surface area contributed by atoms with Crippen LogP contribution in [0.3, 0.4) is 0 Å². The molecule has 0 unspecified atom stereocenters. The highest BCUT2D eigenvalue weighted by molar-refractivity contribution is 7.99. The van der Waals surface area contributed by atoms with E-state index in [1.54, 1.807) is 7.11 Å². The van der Waals surface area contributed by atoms with Gasteiger partial charge in [-0.25, -0.2) is 0 Å². The number of thioether (sulfide) groups is 1. The Morgan fingerprint density at radius 1 is 1.10 bits per heavy atom. The molecule has 1 N–H and O–H groups in total. The SMILES string of the molecule is CCn1c(SCC(=O)Nc2ccc(OC)cc2)nnc1-c1ccc(C(C)C)cc1. The second-order valence-electron chi connectivity index (χ2n) is 6.89. The van der Waals surface area contributed by atoms with Crippen molar-refractivity contribution in [3.05, 3.63) is 54.1 Å². The van der Waals surface area contributed by atoms with E-state index in [0.29, 0.717) is 5.92 Å². The molecule has 1 amide bonds. The van der Waals surface area contributed by atoms with E-state index in [0.717, 1.165) is 34.5 Å². The van der Waals surface area contributed by atoms with Crippen LogP contribution in [0, 0.1) is 0 Å². The van der Waals surface area contributed by atoms with Gasteiger partial charge in [0.15, 0.2) is 11.0 Å². The number of methoxy groups -OCH3 is 1. The molecule has 0 radical (unpaired) electrons. The lowest BCUT2D eigenvalue weighted by atomic mass is 10.0.